The Hall–Kier alpha value is -3.92. The fourth-order valence-electron chi connectivity index (χ4n) is 4.77. The Balaban J connectivity index is 1.10. The van der Waals surface area contributed by atoms with E-state index in [0.29, 0.717) is 57.8 Å². The third-order valence-electron chi connectivity index (χ3n) is 6.71. The highest BCUT2D eigenvalue weighted by molar-refractivity contribution is 5.96. The molecule has 10 heteroatoms. The highest BCUT2D eigenvalue weighted by Crippen LogP contribution is 2.30. The zero-order chi connectivity index (χ0) is 25.0. The lowest BCUT2D eigenvalue weighted by Crippen LogP contribution is -2.55. The molecule has 1 spiro atoms. The molecule has 10 nitrogen and oxygen atoms in total. The molecule has 0 bridgehead atoms. The van der Waals surface area contributed by atoms with Crippen LogP contribution in [0.1, 0.15) is 24.2 Å². The van der Waals surface area contributed by atoms with E-state index >= 15 is 0 Å². The second-order valence-electron chi connectivity index (χ2n) is 9.25. The van der Waals surface area contributed by atoms with Gasteiger partial charge in [-0.2, -0.15) is 0 Å². The summed E-state index contributed by atoms with van der Waals surface area (Å²) in [5.41, 5.74) is 1.30. The predicted molar refractivity (Wildman–Crippen MR) is 131 cm³/mol. The minimum absolute atomic E-state index is 0.0706. The number of hydrogen-bond acceptors (Lipinski definition) is 6. The maximum atomic E-state index is 12.9. The number of furan rings is 1. The Kier molecular flexibility index (Phi) is 6.86. The number of carbonyl (C=O) groups excluding carboxylic acids is 3. The number of pyridine rings is 1. The Morgan fingerprint density at radius 3 is 2.92 bits per heavy atom. The zero-order valence-electron chi connectivity index (χ0n) is 19.9. The maximum Gasteiger partial charge on any atom is 0.246 e. The number of morpholine rings is 1. The number of nitrogens with zero attached hydrogens (tertiary/aromatic N) is 3. The number of nitrogens with one attached hydrogen (secondary N) is 2. The van der Waals surface area contributed by atoms with Crippen molar-refractivity contribution in [3.05, 3.63) is 66.4 Å². The van der Waals surface area contributed by atoms with E-state index in [9.17, 15) is 14.4 Å². The summed E-state index contributed by atoms with van der Waals surface area (Å²) >= 11 is 0. The van der Waals surface area contributed by atoms with E-state index in [1.54, 1.807) is 23.2 Å². The van der Waals surface area contributed by atoms with E-state index in [-0.39, 0.29) is 24.3 Å². The Morgan fingerprint density at radius 1 is 1.17 bits per heavy atom. The Morgan fingerprint density at radius 2 is 2.06 bits per heavy atom. The Labute approximate surface area is 208 Å². The van der Waals surface area contributed by atoms with Crippen LogP contribution in [0, 0.1) is 0 Å². The normalized spacial score (nSPS) is 20.0. The number of hydrogen-bond donors (Lipinski definition) is 2. The van der Waals surface area contributed by atoms with E-state index < -0.39 is 5.60 Å². The van der Waals surface area contributed by atoms with E-state index in [4.69, 9.17) is 9.15 Å². The molecule has 5 rings (SSSR count). The standard InChI is InChI=1S/C26H29N5O5/c32-22(28-16-21-2-1-12-35-21)4-6-24(34)31-11-13-36-26(18-31)8-10-30(17-26)23(33)5-3-19-14-20-7-9-27-25(20)29-15-19/h1-2,4,6-7,9,12,14-15H,3,5,8,10-11,13,16-18H2,(H,27,29)(H,28,32)/b6-4+. The van der Waals surface area contributed by atoms with Gasteiger partial charge in [-0.15, -0.1) is 0 Å². The van der Waals surface area contributed by atoms with Gasteiger partial charge in [-0.3, -0.25) is 14.4 Å². The SMILES string of the molecule is O=C(/C=C/C(=O)N1CCOC2(CCN(C(=O)CCc3cnc4[nH]ccc4c3)C2)C1)NCc1ccco1. The molecule has 2 aliphatic rings. The van der Waals surface area contributed by atoms with Gasteiger partial charge in [0.1, 0.15) is 17.0 Å². The third kappa shape index (κ3) is 5.49. The van der Waals surface area contributed by atoms with Gasteiger partial charge in [-0.25, -0.2) is 4.98 Å². The molecule has 2 aliphatic heterocycles. The monoisotopic (exact) mass is 491 g/mol. The summed E-state index contributed by atoms with van der Waals surface area (Å²) in [6, 6.07) is 7.52. The molecule has 2 N–H and O–H groups in total. The van der Waals surface area contributed by atoms with E-state index in [0.717, 1.165) is 16.6 Å². The first kappa shape index (κ1) is 23.8. The zero-order valence-corrected chi connectivity index (χ0v) is 19.9. The number of H-pyrrole nitrogens is 1. The fraction of sp³-hybridized carbons (Fsp3) is 0.385. The number of likely N-dealkylation sites (tertiary alicyclic amines) is 1. The van der Waals surface area contributed by atoms with Crippen molar-refractivity contribution in [1.29, 1.82) is 0 Å². The first-order valence-corrected chi connectivity index (χ1v) is 12.1. The average Bonchev–Trinajstić information content (AvgIpc) is 3.66. The number of carbonyl (C=O) groups is 3. The molecule has 5 heterocycles. The lowest BCUT2D eigenvalue weighted by Gasteiger charge is -2.40. The minimum Gasteiger partial charge on any atom is -0.467 e. The minimum atomic E-state index is -0.565. The summed E-state index contributed by atoms with van der Waals surface area (Å²) in [5, 5.41) is 3.71. The van der Waals surface area contributed by atoms with Gasteiger partial charge in [0.05, 0.1) is 32.5 Å². The van der Waals surface area contributed by atoms with Gasteiger partial charge in [0.15, 0.2) is 0 Å². The maximum absolute atomic E-state index is 12.9. The van der Waals surface area contributed by atoms with Crippen molar-refractivity contribution in [2.75, 3.05) is 32.8 Å². The number of aromatic amines is 1. The van der Waals surface area contributed by atoms with Crippen LogP contribution < -0.4 is 5.32 Å². The van der Waals surface area contributed by atoms with Crippen LogP contribution >= 0.6 is 0 Å². The molecular formula is C26H29N5O5. The summed E-state index contributed by atoms with van der Waals surface area (Å²) in [6.07, 6.45) is 9.39. The van der Waals surface area contributed by atoms with Crippen molar-refractivity contribution in [2.45, 2.75) is 31.4 Å². The molecule has 0 aliphatic carbocycles. The molecule has 3 aromatic heterocycles. The summed E-state index contributed by atoms with van der Waals surface area (Å²) in [5.74, 6) is 0.0904. The number of ether oxygens (including phenoxy) is 1. The van der Waals surface area contributed by atoms with Crippen LogP contribution in [0.2, 0.25) is 0 Å². The Bertz CT molecular complexity index is 1270. The van der Waals surface area contributed by atoms with Gasteiger partial charge < -0.3 is 29.3 Å². The number of rotatable bonds is 7. The number of amides is 3. The molecule has 36 heavy (non-hydrogen) atoms. The smallest absolute Gasteiger partial charge is 0.246 e. The van der Waals surface area contributed by atoms with E-state index in [1.165, 1.54) is 18.4 Å². The first-order valence-electron chi connectivity index (χ1n) is 12.1. The second kappa shape index (κ2) is 10.4. The molecule has 2 fully saturated rings. The number of fused-ring (bicyclic) bond motifs is 1. The average molecular weight is 492 g/mol. The number of aromatic nitrogens is 2. The van der Waals surface area contributed by atoms with Gasteiger partial charge in [-0.05, 0) is 42.7 Å². The predicted octanol–water partition coefficient (Wildman–Crippen LogP) is 1.79. The summed E-state index contributed by atoms with van der Waals surface area (Å²) in [6.45, 7) is 2.55. The second-order valence-corrected chi connectivity index (χ2v) is 9.25. The molecule has 188 valence electrons. The topological polar surface area (TPSA) is 121 Å². The van der Waals surface area contributed by atoms with Gasteiger partial charge in [0, 0.05) is 49.4 Å². The van der Waals surface area contributed by atoms with Crippen LogP contribution in [0.15, 0.2) is 59.5 Å². The molecular weight excluding hydrogens is 462 g/mol. The lowest BCUT2D eigenvalue weighted by molar-refractivity contribution is -0.145. The molecule has 3 amide bonds. The summed E-state index contributed by atoms with van der Waals surface area (Å²) in [4.78, 5) is 48.6. The largest absolute Gasteiger partial charge is 0.467 e. The van der Waals surface area contributed by atoms with Crippen molar-refractivity contribution in [2.24, 2.45) is 0 Å². The van der Waals surface area contributed by atoms with Crippen LogP contribution in [0.3, 0.4) is 0 Å². The van der Waals surface area contributed by atoms with E-state index in [2.05, 4.69) is 21.4 Å². The third-order valence-corrected chi connectivity index (χ3v) is 6.71. The van der Waals surface area contributed by atoms with Crippen molar-refractivity contribution in [3.8, 4) is 0 Å². The fourth-order valence-corrected chi connectivity index (χ4v) is 4.77. The van der Waals surface area contributed by atoms with Gasteiger partial charge in [-0.1, -0.05) is 0 Å². The quantitative estimate of drug-likeness (QED) is 0.486. The summed E-state index contributed by atoms with van der Waals surface area (Å²) in [7, 11) is 0. The van der Waals surface area contributed by atoms with Crippen LogP contribution in [0.25, 0.3) is 11.0 Å². The molecule has 0 saturated carbocycles. The summed E-state index contributed by atoms with van der Waals surface area (Å²) < 4.78 is 11.3. The van der Waals surface area contributed by atoms with Crippen LogP contribution in [-0.2, 0) is 32.1 Å². The van der Waals surface area contributed by atoms with Gasteiger partial charge in [0.2, 0.25) is 17.7 Å². The molecule has 1 unspecified atom stereocenters. The van der Waals surface area contributed by atoms with Crippen molar-refractivity contribution >= 4 is 28.8 Å². The van der Waals surface area contributed by atoms with Crippen LogP contribution in [0.4, 0.5) is 0 Å². The highest BCUT2D eigenvalue weighted by atomic mass is 16.5. The van der Waals surface area contributed by atoms with Crippen molar-refractivity contribution in [1.82, 2.24) is 25.1 Å². The molecule has 1 atom stereocenters. The van der Waals surface area contributed by atoms with Crippen molar-refractivity contribution in [3.63, 3.8) is 0 Å². The molecule has 3 aromatic rings. The highest BCUT2D eigenvalue weighted by Gasteiger charge is 2.44. The van der Waals surface area contributed by atoms with Gasteiger partial charge >= 0.3 is 0 Å². The van der Waals surface area contributed by atoms with Crippen molar-refractivity contribution < 1.29 is 23.5 Å². The van der Waals surface area contributed by atoms with Gasteiger partial charge in [0.25, 0.3) is 0 Å². The molecule has 0 aromatic carbocycles. The molecule has 2 saturated heterocycles. The van der Waals surface area contributed by atoms with E-state index in [1.807, 2.05) is 17.2 Å². The number of aryl methyl sites for hydroxylation is 1. The lowest BCUT2D eigenvalue weighted by atomic mass is 10.0. The van der Waals surface area contributed by atoms with Crippen LogP contribution in [0.5, 0.6) is 0 Å². The molecule has 0 radical (unpaired) electrons. The van der Waals surface area contributed by atoms with Crippen LogP contribution in [-0.4, -0.2) is 75.9 Å². The first-order chi connectivity index (χ1) is 17.5.